The van der Waals surface area contributed by atoms with Crippen LogP contribution in [0.3, 0.4) is 0 Å². The standard InChI is InChI=1S/C31H34N6O2/c1-19-16-21(18-32-17-19)35-30-34-15-11-26(37-30)24-7-5-14-33-28(24)39-27-20(2)9-10-22-23(27)6-4-8-25(22)36-29(38)31(3)12-13-31/h4-11,14-15,19,21,32H,12-13,16-18H2,1-3H3,(H,36,38)(H,34,35,37)/t19-,21+/m1/s1. The molecule has 3 N–H and O–H groups in total. The first-order chi connectivity index (χ1) is 18.9. The summed E-state index contributed by atoms with van der Waals surface area (Å²) in [7, 11) is 0. The minimum absolute atomic E-state index is 0.0664. The normalized spacial score (nSPS) is 19.9. The van der Waals surface area contributed by atoms with Crippen molar-refractivity contribution in [1.82, 2.24) is 20.3 Å². The van der Waals surface area contributed by atoms with Gasteiger partial charge in [-0.3, -0.25) is 4.79 Å². The molecule has 0 spiro atoms. The number of hydrogen-bond acceptors (Lipinski definition) is 7. The Labute approximate surface area is 228 Å². The Bertz CT molecular complexity index is 1530. The van der Waals surface area contributed by atoms with Crippen LogP contribution in [0.5, 0.6) is 11.6 Å². The predicted molar refractivity (Wildman–Crippen MR) is 154 cm³/mol. The SMILES string of the molecule is Cc1ccc2c(NC(=O)C3(C)CC3)cccc2c1Oc1ncccc1-c1ccnc(N[C@@H]2CNC[C@H](C)C2)n1. The zero-order chi connectivity index (χ0) is 27.0. The molecule has 0 bridgehead atoms. The third-order valence-corrected chi connectivity index (χ3v) is 7.81. The second kappa shape index (κ2) is 10.3. The van der Waals surface area contributed by atoms with E-state index in [1.165, 1.54) is 0 Å². The van der Waals surface area contributed by atoms with Gasteiger partial charge in [0.05, 0.1) is 11.3 Å². The van der Waals surface area contributed by atoms with Crippen LogP contribution in [0.25, 0.3) is 22.0 Å². The van der Waals surface area contributed by atoms with E-state index >= 15 is 0 Å². The van der Waals surface area contributed by atoms with E-state index in [2.05, 4.69) is 32.8 Å². The lowest BCUT2D eigenvalue weighted by molar-refractivity contribution is -0.120. The van der Waals surface area contributed by atoms with E-state index in [9.17, 15) is 4.79 Å². The van der Waals surface area contributed by atoms with Gasteiger partial charge in [0.2, 0.25) is 17.7 Å². The van der Waals surface area contributed by atoms with Crippen LogP contribution in [0.2, 0.25) is 0 Å². The van der Waals surface area contributed by atoms with Gasteiger partial charge < -0.3 is 20.7 Å². The molecule has 2 atom stereocenters. The van der Waals surface area contributed by atoms with E-state index in [-0.39, 0.29) is 17.4 Å². The average Bonchev–Trinajstić information content (AvgIpc) is 3.69. The molecule has 1 aliphatic heterocycles. The molecule has 2 fully saturated rings. The fraction of sp³-hybridized carbons (Fsp3) is 0.355. The number of pyridine rings is 1. The van der Waals surface area contributed by atoms with E-state index in [1.807, 2.05) is 62.4 Å². The zero-order valence-corrected chi connectivity index (χ0v) is 22.6. The van der Waals surface area contributed by atoms with Crippen molar-refractivity contribution in [3.8, 4) is 22.9 Å². The van der Waals surface area contributed by atoms with Gasteiger partial charge in [-0.25, -0.2) is 15.0 Å². The highest BCUT2D eigenvalue weighted by Crippen LogP contribution is 2.46. The van der Waals surface area contributed by atoms with Crippen molar-refractivity contribution in [3.05, 3.63) is 66.5 Å². The van der Waals surface area contributed by atoms with Gasteiger partial charge in [0.15, 0.2) is 0 Å². The molecule has 4 aromatic rings. The van der Waals surface area contributed by atoms with Crippen LogP contribution in [-0.4, -0.2) is 40.0 Å². The molecule has 8 nitrogen and oxygen atoms in total. The number of amides is 1. The van der Waals surface area contributed by atoms with Gasteiger partial charge in [-0.15, -0.1) is 0 Å². The smallest absolute Gasteiger partial charge is 0.230 e. The number of aryl methyl sites for hydroxylation is 1. The van der Waals surface area contributed by atoms with Crippen LogP contribution in [-0.2, 0) is 4.79 Å². The molecular formula is C31H34N6O2. The highest BCUT2D eigenvalue weighted by Gasteiger charge is 2.45. The van der Waals surface area contributed by atoms with Crippen LogP contribution in [0.1, 0.15) is 38.7 Å². The van der Waals surface area contributed by atoms with Crippen LogP contribution in [0.4, 0.5) is 11.6 Å². The molecule has 1 saturated heterocycles. The first-order valence-corrected chi connectivity index (χ1v) is 13.7. The summed E-state index contributed by atoms with van der Waals surface area (Å²) in [6, 6.07) is 15.9. The summed E-state index contributed by atoms with van der Waals surface area (Å²) in [6.07, 6.45) is 6.41. The Morgan fingerprint density at radius 3 is 2.72 bits per heavy atom. The lowest BCUT2D eigenvalue weighted by atomic mass is 9.98. The van der Waals surface area contributed by atoms with Gasteiger partial charge in [0, 0.05) is 46.9 Å². The third-order valence-electron chi connectivity index (χ3n) is 7.81. The average molecular weight is 523 g/mol. The molecule has 3 heterocycles. The first-order valence-electron chi connectivity index (χ1n) is 13.7. The summed E-state index contributed by atoms with van der Waals surface area (Å²) in [5, 5.41) is 11.9. The molecule has 6 rings (SSSR count). The molecule has 1 saturated carbocycles. The van der Waals surface area contributed by atoms with Gasteiger partial charge >= 0.3 is 0 Å². The second-order valence-corrected chi connectivity index (χ2v) is 11.2. The van der Waals surface area contributed by atoms with E-state index < -0.39 is 0 Å². The van der Waals surface area contributed by atoms with Crippen molar-refractivity contribution in [2.75, 3.05) is 23.7 Å². The van der Waals surface area contributed by atoms with Crippen molar-refractivity contribution in [2.24, 2.45) is 11.3 Å². The van der Waals surface area contributed by atoms with E-state index in [0.717, 1.165) is 65.6 Å². The fourth-order valence-corrected chi connectivity index (χ4v) is 5.16. The predicted octanol–water partition coefficient (Wildman–Crippen LogP) is 5.94. The molecular weight excluding hydrogens is 488 g/mol. The van der Waals surface area contributed by atoms with E-state index in [1.54, 1.807) is 12.4 Å². The number of anilines is 2. The summed E-state index contributed by atoms with van der Waals surface area (Å²) in [5.41, 5.74) is 3.01. The number of nitrogens with one attached hydrogen (secondary N) is 3. The van der Waals surface area contributed by atoms with Crippen molar-refractivity contribution in [2.45, 2.75) is 46.1 Å². The number of fused-ring (bicyclic) bond motifs is 1. The lowest BCUT2D eigenvalue weighted by Gasteiger charge is -2.28. The highest BCUT2D eigenvalue weighted by molar-refractivity contribution is 6.06. The molecule has 2 aromatic carbocycles. The number of piperidine rings is 1. The largest absolute Gasteiger partial charge is 0.437 e. The Hall–Kier alpha value is -4.04. The number of carbonyl (C=O) groups is 1. The van der Waals surface area contributed by atoms with Crippen LogP contribution < -0.4 is 20.7 Å². The van der Waals surface area contributed by atoms with E-state index in [4.69, 9.17) is 9.72 Å². The summed E-state index contributed by atoms with van der Waals surface area (Å²) >= 11 is 0. The minimum atomic E-state index is -0.258. The number of aromatic nitrogens is 3. The molecule has 1 aliphatic carbocycles. The van der Waals surface area contributed by atoms with Gasteiger partial charge in [0.1, 0.15) is 5.75 Å². The number of carbonyl (C=O) groups excluding carboxylic acids is 1. The van der Waals surface area contributed by atoms with Crippen molar-refractivity contribution >= 4 is 28.3 Å². The lowest BCUT2D eigenvalue weighted by Crippen LogP contribution is -2.42. The molecule has 1 amide bonds. The van der Waals surface area contributed by atoms with Crippen LogP contribution in [0, 0.1) is 18.3 Å². The van der Waals surface area contributed by atoms with Crippen molar-refractivity contribution in [1.29, 1.82) is 0 Å². The molecule has 200 valence electrons. The Morgan fingerprint density at radius 1 is 1.03 bits per heavy atom. The number of hydrogen-bond donors (Lipinski definition) is 3. The summed E-state index contributed by atoms with van der Waals surface area (Å²) in [4.78, 5) is 26.6. The Kier molecular flexibility index (Phi) is 6.64. The molecule has 39 heavy (non-hydrogen) atoms. The molecule has 8 heteroatoms. The number of benzene rings is 2. The molecule has 2 aliphatic rings. The maximum atomic E-state index is 12.8. The van der Waals surface area contributed by atoms with Crippen LogP contribution in [0.15, 0.2) is 60.9 Å². The van der Waals surface area contributed by atoms with Gasteiger partial charge in [0.25, 0.3) is 0 Å². The maximum Gasteiger partial charge on any atom is 0.230 e. The zero-order valence-electron chi connectivity index (χ0n) is 22.6. The summed E-state index contributed by atoms with van der Waals surface area (Å²) < 4.78 is 6.54. The van der Waals surface area contributed by atoms with Gasteiger partial charge in [-0.1, -0.05) is 38.1 Å². The quantitative estimate of drug-likeness (QED) is 0.276. The maximum absolute atomic E-state index is 12.8. The third kappa shape index (κ3) is 5.29. The fourth-order valence-electron chi connectivity index (χ4n) is 5.16. The Balaban J connectivity index is 1.31. The van der Waals surface area contributed by atoms with E-state index in [0.29, 0.717) is 23.5 Å². The molecule has 0 unspecified atom stereocenters. The van der Waals surface area contributed by atoms with Crippen molar-refractivity contribution in [3.63, 3.8) is 0 Å². The van der Waals surface area contributed by atoms with Crippen molar-refractivity contribution < 1.29 is 9.53 Å². The molecule has 2 aromatic heterocycles. The molecule has 0 radical (unpaired) electrons. The highest BCUT2D eigenvalue weighted by atomic mass is 16.5. The minimum Gasteiger partial charge on any atom is -0.437 e. The Morgan fingerprint density at radius 2 is 1.90 bits per heavy atom. The number of rotatable bonds is 7. The van der Waals surface area contributed by atoms with Crippen LogP contribution >= 0.6 is 0 Å². The first kappa shape index (κ1) is 25.2. The number of ether oxygens (including phenoxy) is 1. The monoisotopic (exact) mass is 522 g/mol. The number of nitrogens with zero attached hydrogens (tertiary/aromatic N) is 3. The van der Waals surface area contributed by atoms with Gasteiger partial charge in [-0.2, -0.15) is 0 Å². The second-order valence-electron chi connectivity index (χ2n) is 11.2. The summed E-state index contributed by atoms with van der Waals surface area (Å²) in [6.45, 7) is 8.20. The summed E-state index contributed by atoms with van der Waals surface area (Å²) in [5.74, 6) is 2.43. The topological polar surface area (TPSA) is 101 Å². The van der Waals surface area contributed by atoms with Gasteiger partial charge in [-0.05, 0) is 68.5 Å².